The van der Waals surface area contributed by atoms with Crippen LogP contribution in [-0.2, 0) is 17.1 Å². The monoisotopic (exact) mass is 558 g/mol. The van der Waals surface area contributed by atoms with Gasteiger partial charge in [-0.05, 0) is 24.0 Å². The van der Waals surface area contributed by atoms with E-state index in [2.05, 4.69) is 14.8 Å². The average molecular weight is 559 g/mol. The lowest BCUT2D eigenvalue weighted by molar-refractivity contribution is -0.201. The third-order valence-corrected chi connectivity index (χ3v) is 7.22. The summed E-state index contributed by atoms with van der Waals surface area (Å²) in [6, 6.07) is 18.2. The second kappa shape index (κ2) is 11.1. The molecule has 5 rings (SSSR count). The summed E-state index contributed by atoms with van der Waals surface area (Å²) in [5.41, 5.74) is 6.87. The number of fused-ring (bicyclic) bond motifs is 1. The van der Waals surface area contributed by atoms with Crippen LogP contribution in [0.15, 0.2) is 70.6 Å². The van der Waals surface area contributed by atoms with Crippen LogP contribution in [0.4, 0.5) is 19.1 Å². The summed E-state index contributed by atoms with van der Waals surface area (Å²) in [6.45, 7) is 1.32. The molecule has 1 aliphatic heterocycles. The molecular weight excluding hydrogens is 533 g/mol. The predicted octanol–water partition coefficient (Wildman–Crippen LogP) is 3.38. The Labute approximate surface area is 225 Å². The van der Waals surface area contributed by atoms with Gasteiger partial charge in [-0.1, -0.05) is 72.4 Å². The summed E-state index contributed by atoms with van der Waals surface area (Å²) in [7, 11) is 0. The number of aromatic nitrogens is 4. The molecule has 1 saturated heterocycles. The molecule has 0 amide bonds. The Kier molecular flexibility index (Phi) is 7.62. The molecule has 2 aromatic heterocycles. The Morgan fingerprint density at radius 2 is 1.72 bits per heavy atom. The van der Waals surface area contributed by atoms with E-state index in [0.29, 0.717) is 23.8 Å². The molecular formula is C26H25F3N6O3S. The number of carbonyl (C=O) groups excluding carboxylic acids is 1. The molecule has 0 spiro atoms. The van der Waals surface area contributed by atoms with E-state index in [9.17, 15) is 22.8 Å². The quantitative estimate of drug-likeness (QED) is 0.272. The molecule has 2 N–H and O–H groups in total. The van der Waals surface area contributed by atoms with E-state index < -0.39 is 17.7 Å². The summed E-state index contributed by atoms with van der Waals surface area (Å²) in [5, 5.41) is -0.222. The van der Waals surface area contributed by atoms with Gasteiger partial charge >= 0.3 is 17.7 Å². The van der Waals surface area contributed by atoms with E-state index in [-0.39, 0.29) is 34.7 Å². The Balaban J connectivity index is 1.66. The summed E-state index contributed by atoms with van der Waals surface area (Å²) in [5.74, 6) is -1.84. The smallest absolute Gasteiger partial charge is 0.341 e. The number of imidazole rings is 1. The van der Waals surface area contributed by atoms with Gasteiger partial charge in [0, 0.05) is 24.9 Å². The van der Waals surface area contributed by atoms with Crippen molar-refractivity contribution >= 4 is 34.8 Å². The fourth-order valence-electron chi connectivity index (χ4n) is 4.41. The highest BCUT2D eigenvalue weighted by Gasteiger charge is 2.43. The number of hydrogen-bond donors (Lipinski definition) is 1. The molecule has 0 aliphatic carbocycles. The van der Waals surface area contributed by atoms with E-state index in [0.717, 1.165) is 35.7 Å². The fraction of sp³-hybridized carbons (Fsp3) is 0.308. The van der Waals surface area contributed by atoms with Crippen LogP contribution >= 0.6 is 11.8 Å². The summed E-state index contributed by atoms with van der Waals surface area (Å²) >= 11 is 0.961. The number of carbonyl (C=O) groups is 1. The number of halogens is 3. The number of anilines is 1. The van der Waals surface area contributed by atoms with Crippen LogP contribution in [0, 0.1) is 0 Å². The molecule has 1 atom stereocenters. The van der Waals surface area contributed by atoms with Crippen molar-refractivity contribution in [2.24, 2.45) is 5.73 Å². The minimum absolute atomic E-state index is 0.0416. The van der Waals surface area contributed by atoms with Crippen LogP contribution in [0.25, 0.3) is 11.2 Å². The lowest BCUT2D eigenvalue weighted by Gasteiger charge is -2.31. The zero-order valence-corrected chi connectivity index (χ0v) is 21.5. The van der Waals surface area contributed by atoms with Crippen LogP contribution in [0.2, 0.25) is 0 Å². The number of alkyl halides is 3. The molecule has 1 fully saturated rings. The van der Waals surface area contributed by atoms with Crippen molar-refractivity contribution in [3.05, 3.63) is 82.1 Å². The number of nitrogens with zero attached hydrogens (tertiary/aromatic N) is 5. The van der Waals surface area contributed by atoms with Crippen molar-refractivity contribution < 1.29 is 22.8 Å². The first kappa shape index (κ1) is 26.8. The van der Waals surface area contributed by atoms with Crippen LogP contribution in [0.5, 0.6) is 0 Å². The maximum absolute atomic E-state index is 13.8. The average Bonchev–Trinajstić information content (AvgIpc) is 3.28. The van der Waals surface area contributed by atoms with Crippen LogP contribution < -0.4 is 21.0 Å². The third kappa shape index (κ3) is 5.93. The van der Waals surface area contributed by atoms with Gasteiger partial charge in [0.2, 0.25) is 11.1 Å². The number of piperidine rings is 1. The number of thioether (sulfide) groups is 1. The number of rotatable bonds is 7. The highest BCUT2D eigenvalue weighted by atomic mass is 32.2. The largest absolute Gasteiger partial charge is 0.493 e. The molecule has 0 radical (unpaired) electrons. The predicted molar refractivity (Wildman–Crippen MR) is 140 cm³/mol. The molecule has 4 aromatic rings. The Bertz CT molecular complexity index is 1530. The first-order chi connectivity index (χ1) is 18.7. The van der Waals surface area contributed by atoms with Crippen LogP contribution in [-0.4, -0.2) is 50.5 Å². The molecule has 0 saturated carbocycles. The van der Waals surface area contributed by atoms with Gasteiger partial charge in [0.1, 0.15) is 0 Å². The topological polar surface area (TPSA) is 108 Å². The standard InChI is InChI=1S/C26H25F3N6O3S/c27-26(28,29)23(37)38-35-22(36)20-21(32-25(35)39-16-18-10-5-2-6-11-18)31-24(33-13-7-12-19(30)15-33)34(20)14-17-8-3-1-4-9-17/h1-6,8-11,19H,7,12-16,30H2. The molecule has 9 nitrogen and oxygen atoms in total. The van der Waals surface area contributed by atoms with E-state index in [4.69, 9.17) is 5.73 Å². The number of nitrogens with two attached hydrogens (primary N) is 1. The van der Waals surface area contributed by atoms with E-state index in [1.54, 1.807) is 4.57 Å². The summed E-state index contributed by atoms with van der Waals surface area (Å²) in [4.78, 5) is 41.2. The van der Waals surface area contributed by atoms with E-state index >= 15 is 0 Å². The van der Waals surface area contributed by atoms with Crippen molar-refractivity contribution in [3.8, 4) is 0 Å². The Morgan fingerprint density at radius 1 is 1.05 bits per heavy atom. The first-order valence-electron chi connectivity index (χ1n) is 12.2. The molecule has 1 unspecified atom stereocenters. The van der Waals surface area contributed by atoms with Crippen molar-refractivity contribution in [3.63, 3.8) is 0 Å². The lowest BCUT2D eigenvalue weighted by Crippen LogP contribution is -2.44. The minimum Gasteiger partial charge on any atom is -0.341 e. The molecule has 0 bridgehead atoms. The van der Waals surface area contributed by atoms with E-state index in [1.165, 1.54) is 0 Å². The first-order valence-corrected chi connectivity index (χ1v) is 13.2. The van der Waals surface area contributed by atoms with Crippen molar-refractivity contribution in [1.82, 2.24) is 19.3 Å². The van der Waals surface area contributed by atoms with Gasteiger partial charge in [0.25, 0.3) is 0 Å². The summed E-state index contributed by atoms with van der Waals surface area (Å²) < 4.78 is 41.4. The Hall–Kier alpha value is -3.84. The zero-order chi connectivity index (χ0) is 27.6. The second-order valence-corrected chi connectivity index (χ2v) is 10.1. The molecule has 39 heavy (non-hydrogen) atoms. The van der Waals surface area contributed by atoms with Crippen molar-refractivity contribution in [1.29, 1.82) is 0 Å². The maximum Gasteiger partial charge on any atom is 0.493 e. The fourth-order valence-corrected chi connectivity index (χ4v) is 5.29. The molecule has 13 heteroatoms. The van der Waals surface area contributed by atoms with Crippen LogP contribution in [0.1, 0.15) is 24.0 Å². The van der Waals surface area contributed by atoms with Gasteiger partial charge in [0.15, 0.2) is 11.2 Å². The maximum atomic E-state index is 13.8. The van der Waals surface area contributed by atoms with Gasteiger partial charge in [-0.15, -0.1) is 4.73 Å². The third-order valence-electron chi connectivity index (χ3n) is 6.23. The van der Waals surface area contributed by atoms with Gasteiger partial charge in [-0.25, -0.2) is 4.79 Å². The summed E-state index contributed by atoms with van der Waals surface area (Å²) in [6.07, 6.45) is -3.65. The second-order valence-electron chi connectivity index (χ2n) is 9.15. The highest BCUT2D eigenvalue weighted by molar-refractivity contribution is 7.98. The SMILES string of the molecule is NC1CCCN(c2nc3nc(SCc4ccccc4)n(OC(=O)C(F)(F)F)c(=O)c3n2Cc2ccccc2)C1. The minimum atomic E-state index is -5.31. The van der Waals surface area contributed by atoms with Gasteiger partial charge in [-0.2, -0.15) is 23.1 Å². The molecule has 1 aliphatic rings. The molecule has 2 aromatic carbocycles. The lowest BCUT2D eigenvalue weighted by atomic mass is 10.1. The number of hydrogen-bond acceptors (Lipinski definition) is 8. The zero-order valence-electron chi connectivity index (χ0n) is 20.7. The van der Waals surface area contributed by atoms with Crippen LogP contribution in [0.3, 0.4) is 0 Å². The highest BCUT2D eigenvalue weighted by Crippen LogP contribution is 2.27. The normalized spacial score (nSPS) is 16.0. The van der Waals surface area contributed by atoms with Crippen molar-refractivity contribution in [2.45, 2.75) is 42.5 Å². The molecule has 204 valence electrons. The van der Waals surface area contributed by atoms with Crippen molar-refractivity contribution in [2.75, 3.05) is 18.0 Å². The van der Waals surface area contributed by atoms with E-state index in [1.807, 2.05) is 65.6 Å². The number of benzene rings is 2. The van der Waals surface area contributed by atoms with Gasteiger partial charge < -0.3 is 15.5 Å². The Morgan fingerprint density at radius 3 is 2.36 bits per heavy atom. The van der Waals surface area contributed by atoms with Gasteiger partial charge in [0.05, 0.1) is 6.54 Å². The molecule has 3 heterocycles. The van der Waals surface area contributed by atoms with Gasteiger partial charge in [-0.3, -0.25) is 9.36 Å².